The molecule has 0 aromatic heterocycles. The molecular formula is C18H17NO2. The Hall–Kier alpha value is -2.16. The molecule has 1 aromatic rings. The molecule has 0 spiro atoms. The van der Waals surface area contributed by atoms with Gasteiger partial charge in [0.05, 0.1) is 17.5 Å². The van der Waals surface area contributed by atoms with E-state index in [0.29, 0.717) is 5.69 Å². The molecule has 3 aliphatic rings. The van der Waals surface area contributed by atoms with Crippen molar-refractivity contribution in [1.82, 2.24) is 0 Å². The van der Waals surface area contributed by atoms with Crippen LogP contribution in [-0.4, -0.2) is 11.8 Å². The Morgan fingerprint density at radius 3 is 1.90 bits per heavy atom. The predicted octanol–water partition coefficient (Wildman–Crippen LogP) is 2.94. The van der Waals surface area contributed by atoms with E-state index >= 15 is 0 Å². The summed E-state index contributed by atoms with van der Waals surface area (Å²) < 4.78 is 0. The molecule has 1 saturated heterocycles. The number of hydrogen-bond acceptors (Lipinski definition) is 2. The van der Waals surface area contributed by atoms with Crippen LogP contribution in [0.2, 0.25) is 0 Å². The van der Waals surface area contributed by atoms with E-state index in [0.717, 1.165) is 0 Å². The van der Waals surface area contributed by atoms with E-state index in [1.54, 1.807) is 0 Å². The van der Waals surface area contributed by atoms with Crippen molar-refractivity contribution in [1.29, 1.82) is 0 Å². The van der Waals surface area contributed by atoms with Gasteiger partial charge in [0.15, 0.2) is 0 Å². The molecule has 0 N–H and O–H groups in total. The second kappa shape index (κ2) is 4.17. The SMILES string of the molecule is CC(C)=C1[C@H]2C=C[C@@H]1[C@H]1C(=O)N(c3ccccc3)C(=O)[C@@H]12. The molecule has 3 heteroatoms. The molecule has 1 heterocycles. The van der Waals surface area contributed by atoms with Crippen molar-refractivity contribution < 1.29 is 9.59 Å². The maximum atomic E-state index is 12.8. The lowest BCUT2D eigenvalue weighted by molar-refractivity contribution is -0.122. The topological polar surface area (TPSA) is 37.4 Å². The summed E-state index contributed by atoms with van der Waals surface area (Å²) in [5.41, 5.74) is 3.23. The Balaban J connectivity index is 1.79. The van der Waals surface area contributed by atoms with E-state index in [2.05, 4.69) is 26.0 Å². The summed E-state index contributed by atoms with van der Waals surface area (Å²) >= 11 is 0. The van der Waals surface area contributed by atoms with Gasteiger partial charge < -0.3 is 0 Å². The minimum absolute atomic E-state index is 0.0354. The highest BCUT2D eigenvalue weighted by molar-refractivity contribution is 6.23. The van der Waals surface area contributed by atoms with Crippen LogP contribution >= 0.6 is 0 Å². The van der Waals surface area contributed by atoms with Gasteiger partial charge in [-0.3, -0.25) is 9.59 Å². The fourth-order valence-corrected chi connectivity index (χ4v) is 4.26. The Morgan fingerprint density at radius 2 is 1.43 bits per heavy atom. The number of anilines is 1. The van der Waals surface area contributed by atoms with E-state index in [4.69, 9.17) is 0 Å². The van der Waals surface area contributed by atoms with Gasteiger partial charge in [0, 0.05) is 11.8 Å². The van der Waals surface area contributed by atoms with Gasteiger partial charge in [-0.2, -0.15) is 0 Å². The van der Waals surface area contributed by atoms with Gasteiger partial charge in [-0.05, 0) is 26.0 Å². The highest BCUT2D eigenvalue weighted by Gasteiger charge is 2.61. The predicted molar refractivity (Wildman–Crippen MR) is 80.4 cm³/mol. The lowest BCUT2D eigenvalue weighted by Gasteiger charge is -2.19. The molecule has 3 nitrogen and oxygen atoms in total. The second-order valence-electron chi connectivity index (χ2n) is 6.29. The zero-order valence-electron chi connectivity index (χ0n) is 12.1. The Labute approximate surface area is 123 Å². The van der Waals surface area contributed by atoms with Crippen molar-refractivity contribution >= 4 is 17.5 Å². The minimum atomic E-state index is -0.197. The van der Waals surface area contributed by atoms with Crippen LogP contribution in [0.4, 0.5) is 5.69 Å². The number of benzene rings is 1. The number of para-hydroxylation sites is 1. The molecule has 2 bridgehead atoms. The molecule has 2 amide bonds. The smallest absolute Gasteiger partial charge is 0.238 e. The summed E-state index contributed by atoms with van der Waals surface area (Å²) in [7, 11) is 0. The molecule has 1 saturated carbocycles. The summed E-state index contributed by atoms with van der Waals surface area (Å²) in [6.07, 6.45) is 4.24. The summed E-state index contributed by atoms with van der Waals surface area (Å²) in [4.78, 5) is 27.0. The molecule has 2 fully saturated rings. The van der Waals surface area contributed by atoms with Crippen LogP contribution in [0.25, 0.3) is 0 Å². The zero-order valence-corrected chi connectivity index (χ0v) is 12.1. The van der Waals surface area contributed by atoms with Crippen LogP contribution in [0.3, 0.4) is 0 Å². The monoisotopic (exact) mass is 279 g/mol. The van der Waals surface area contributed by atoms with E-state index < -0.39 is 0 Å². The van der Waals surface area contributed by atoms with Gasteiger partial charge in [0.25, 0.3) is 0 Å². The van der Waals surface area contributed by atoms with Crippen molar-refractivity contribution in [3.63, 3.8) is 0 Å². The summed E-state index contributed by atoms with van der Waals surface area (Å²) in [6.45, 7) is 4.15. The number of carbonyl (C=O) groups is 2. The van der Waals surface area contributed by atoms with E-state index in [-0.39, 0.29) is 35.5 Å². The van der Waals surface area contributed by atoms with Crippen molar-refractivity contribution in [2.24, 2.45) is 23.7 Å². The maximum absolute atomic E-state index is 12.8. The van der Waals surface area contributed by atoms with Gasteiger partial charge in [-0.1, -0.05) is 41.5 Å². The van der Waals surface area contributed by atoms with Gasteiger partial charge in [0.2, 0.25) is 11.8 Å². The molecule has 0 unspecified atom stereocenters. The van der Waals surface area contributed by atoms with Crippen LogP contribution in [0.15, 0.2) is 53.6 Å². The van der Waals surface area contributed by atoms with Crippen molar-refractivity contribution in [3.8, 4) is 0 Å². The third-order valence-electron chi connectivity index (χ3n) is 5.01. The lowest BCUT2D eigenvalue weighted by atomic mass is 9.85. The maximum Gasteiger partial charge on any atom is 0.238 e. The number of amides is 2. The molecular weight excluding hydrogens is 262 g/mol. The molecule has 21 heavy (non-hydrogen) atoms. The molecule has 4 rings (SSSR count). The number of hydrogen-bond donors (Lipinski definition) is 0. The first-order valence-electron chi connectivity index (χ1n) is 7.39. The number of allylic oxidation sites excluding steroid dienone is 4. The fraction of sp³-hybridized carbons (Fsp3) is 0.333. The van der Waals surface area contributed by atoms with E-state index in [9.17, 15) is 9.59 Å². The first kappa shape index (κ1) is 12.6. The number of imide groups is 1. The Morgan fingerprint density at radius 1 is 0.905 bits per heavy atom. The van der Waals surface area contributed by atoms with Crippen molar-refractivity contribution in [3.05, 3.63) is 53.6 Å². The van der Waals surface area contributed by atoms with E-state index in [1.807, 2.05) is 30.3 Å². The average molecular weight is 279 g/mol. The standard InChI is InChI=1S/C18H17NO2/c1-10(2)14-12-8-9-13(14)16-15(12)17(20)19(18(16)21)11-6-4-3-5-7-11/h3-9,12-13,15-16H,1-2H3/t12-,13+,15-,16-/m1/s1. The highest BCUT2D eigenvalue weighted by atomic mass is 16.2. The summed E-state index contributed by atoms with van der Waals surface area (Å²) in [5.74, 6) is -0.223. The van der Waals surface area contributed by atoms with Gasteiger partial charge in [-0.15, -0.1) is 0 Å². The zero-order chi connectivity index (χ0) is 14.7. The summed E-state index contributed by atoms with van der Waals surface area (Å²) in [5, 5.41) is 0. The molecule has 1 aliphatic heterocycles. The molecule has 106 valence electrons. The second-order valence-corrected chi connectivity index (χ2v) is 6.29. The first-order chi connectivity index (χ1) is 10.1. The van der Waals surface area contributed by atoms with Crippen LogP contribution in [-0.2, 0) is 9.59 Å². The average Bonchev–Trinajstić information content (AvgIpc) is 3.10. The van der Waals surface area contributed by atoms with Crippen LogP contribution < -0.4 is 4.90 Å². The number of nitrogens with zero attached hydrogens (tertiary/aromatic N) is 1. The normalized spacial score (nSPS) is 33.0. The van der Waals surface area contributed by atoms with E-state index in [1.165, 1.54) is 16.0 Å². The minimum Gasteiger partial charge on any atom is -0.274 e. The van der Waals surface area contributed by atoms with Gasteiger partial charge >= 0.3 is 0 Å². The first-order valence-corrected chi connectivity index (χ1v) is 7.39. The molecule has 0 radical (unpaired) electrons. The summed E-state index contributed by atoms with van der Waals surface area (Å²) in [6, 6.07) is 9.26. The third-order valence-corrected chi connectivity index (χ3v) is 5.01. The fourth-order valence-electron chi connectivity index (χ4n) is 4.26. The number of carbonyl (C=O) groups excluding carboxylic acids is 2. The van der Waals surface area contributed by atoms with Crippen LogP contribution in [0.5, 0.6) is 0 Å². The van der Waals surface area contributed by atoms with Crippen LogP contribution in [0.1, 0.15) is 13.8 Å². The van der Waals surface area contributed by atoms with Crippen LogP contribution in [0, 0.1) is 23.7 Å². The highest BCUT2D eigenvalue weighted by Crippen LogP contribution is 2.57. The Kier molecular flexibility index (Phi) is 2.49. The quantitative estimate of drug-likeness (QED) is 0.585. The third kappa shape index (κ3) is 1.49. The van der Waals surface area contributed by atoms with Crippen molar-refractivity contribution in [2.45, 2.75) is 13.8 Å². The van der Waals surface area contributed by atoms with Gasteiger partial charge in [-0.25, -0.2) is 4.90 Å². The molecule has 2 aliphatic carbocycles. The van der Waals surface area contributed by atoms with Gasteiger partial charge in [0.1, 0.15) is 0 Å². The Bertz CT molecular complexity index is 663. The lowest BCUT2D eigenvalue weighted by Crippen LogP contribution is -2.33. The van der Waals surface area contributed by atoms with Crippen molar-refractivity contribution in [2.75, 3.05) is 4.90 Å². The molecule has 4 atom stereocenters. The number of rotatable bonds is 1. The number of fused-ring (bicyclic) bond motifs is 5. The molecule has 1 aromatic carbocycles. The largest absolute Gasteiger partial charge is 0.274 e.